The molecule has 0 spiro atoms. The summed E-state index contributed by atoms with van der Waals surface area (Å²) in [5.74, 6) is 2.02. The molecule has 1 aliphatic carbocycles. The highest BCUT2D eigenvalue weighted by atomic mass is 16.5. The molecule has 2 rings (SSSR count). The molecule has 0 radical (unpaired) electrons. The molecule has 0 saturated heterocycles. The molecule has 0 unspecified atom stereocenters. The molecule has 4 nitrogen and oxygen atoms in total. The van der Waals surface area contributed by atoms with Crippen LogP contribution < -0.4 is 10.1 Å². The Hall–Kier alpha value is -1.16. The maximum atomic E-state index is 5.81. The highest BCUT2D eigenvalue weighted by molar-refractivity contribution is 5.08. The standard InChI is InChI=1S/C16H27N3O/c1-13(2)8-17-9-15-10-18-11-16(19-15)20-12-14-6-4-3-5-7-14/h10-11,13-14,17H,3-9,12H2,1-2H3. The second-order valence-electron chi connectivity index (χ2n) is 6.19. The summed E-state index contributed by atoms with van der Waals surface area (Å²) in [6, 6.07) is 0. The number of nitrogens with zero attached hydrogens (tertiary/aromatic N) is 2. The van der Waals surface area contributed by atoms with Gasteiger partial charge in [0, 0.05) is 12.7 Å². The van der Waals surface area contributed by atoms with E-state index in [0.717, 1.165) is 25.4 Å². The Balaban J connectivity index is 1.76. The van der Waals surface area contributed by atoms with E-state index < -0.39 is 0 Å². The van der Waals surface area contributed by atoms with Crippen molar-refractivity contribution >= 4 is 0 Å². The van der Waals surface area contributed by atoms with Gasteiger partial charge in [0.25, 0.3) is 0 Å². The first kappa shape index (κ1) is 15.2. The van der Waals surface area contributed by atoms with Crippen LogP contribution in [0.3, 0.4) is 0 Å². The Bertz CT molecular complexity index is 389. The lowest BCUT2D eigenvalue weighted by atomic mass is 9.90. The third-order valence-corrected chi connectivity index (χ3v) is 3.71. The number of hydrogen-bond acceptors (Lipinski definition) is 4. The molecule has 4 heteroatoms. The first-order valence-corrected chi connectivity index (χ1v) is 7.88. The van der Waals surface area contributed by atoms with Crippen LogP contribution in [-0.2, 0) is 6.54 Å². The van der Waals surface area contributed by atoms with Crippen molar-refractivity contribution in [3.63, 3.8) is 0 Å². The van der Waals surface area contributed by atoms with Crippen LogP contribution in [-0.4, -0.2) is 23.1 Å². The summed E-state index contributed by atoms with van der Waals surface area (Å²) in [5.41, 5.74) is 0.951. The third-order valence-electron chi connectivity index (χ3n) is 3.71. The maximum absolute atomic E-state index is 5.81. The molecule has 0 bridgehead atoms. The molecule has 0 amide bonds. The average molecular weight is 277 g/mol. The minimum atomic E-state index is 0.647. The van der Waals surface area contributed by atoms with E-state index in [1.54, 1.807) is 12.4 Å². The Morgan fingerprint density at radius 1 is 1.25 bits per heavy atom. The molecule has 1 aliphatic rings. The van der Waals surface area contributed by atoms with Gasteiger partial charge in [-0.05, 0) is 31.2 Å². The van der Waals surface area contributed by atoms with E-state index >= 15 is 0 Å². The summed E-state index contributed by atoms with van der Waals surface area (Å²) in [6.45, 7) is 6.93. The van der Waals surface area contributed by atoms with Gasteiger partial charge in [0.2, 0.25) is 5.88 Å². The van der Waals surface area contributed by atoms with Crippen molar-refractivity contribution in [2.75, 3.05) is 13.2 Å². The molecule has 1 aromatic heterocycles. The predicted octanol–water partition coefficient (Wildman–Crippen LogP) is 3.18. The minimum absolute atomic E-state index is 0.647. The number of ether oxygens (including phenoxy) is 1. The van der Waals surface area contributed by atoms with Crippen LogP contribution in [0.1, 0.15) is 51.6 Å². The van der Waals surface area contributed by atoms with Crippen LogP contribution in [0.25, 0.3) is 0 Å². The fourth-order valence-electron chi connectivity index (χ4n) is 2.59. The summed E-state index contributed by atoms with van der Waals surface area (Å²) in [5, 5.41) is 3.38. The Kier molecular flexibility index (Phi) is 6.25. The molecule has 0 aliphatic heterocycles. The van der Waals surface area contributed by atoms with E-state index in [9.17, 15) is 0 Å². The Morgan fingerprint density at radius 2 is 2.05 bits per heavy atom. The van der Waals surface area contributed by atoms with Gasteiger partial charge in [0.05, 0.1) is 18.5 Å². The van der Waals surface area contributed by atoms with E-state index in [0.29, 0.717) is 17.7 Å². The molecule has 0 atom stereocenters. The topological polar surface area (TPSA) is 47.0 Å². The van der Waals surface area contributed by atoms with E-state index in [-0.39, 0.29) is 0 Å². The van der Waals surface area contributed by atoms with Gasteiger partial charge in [-0.3, -0.25) is 4.98 Å². The quantitative estimate of drug-likeness (QED) is 0.831. The third kappa shape index (κ3) is 5.45. The largest absolute Gasteiger partial charge is 0.476 e. The van der Waals surface area contributed by atoms with E-state index in [1.807, 2.05) is 0 Å². The molecule has 20 heavy (non-hydrogen) atoms. The van der Waals surface area contributed by atoms with Crippen LogP contribution in [0.4, 0.5) is 0 Å². The SMILES string of the molecule is CC(C)CNCc1cncc(OCC2CCCCC2)n1. The molecular weight excluding hydrogens is 250 g/mol. The van der Waals surface area contributed by atoms with Crippen molar-refractivity contribution in [3.8, 4) is 5.88 Å². The molecule has 1 heterocycles. The van der Waals surface area contributed by atoms with Gasteiger partial charge in [-0.2, -0.15) is 0 Å². The summed E-state index contributed by atoms with van der Waals surface area (Å²) >= 11 is 0. The van der Waals surface area contributed by atoms with Gasteiger partial charge in [-0.15, -0.1) is 0 Å². The molecule has 1 N–H and O–H groups in total. The second kappa shape index (κ2) is 8.20. The first-order valence-electron chi connectivity index (χ1n) is 7.88. The normalized spacial score (nSPS) is 16.6. The molecule has 112 valence electrons. The summed E-state index contributed by atoms with van der Waals surface area (Å²) in [6.07, 6.45) is 10.2. The van der Waals surface area contributed by atoms with Gasteiger partial charge in [-0.25, -0.2) is 4.98 Å². The van der Waals surface area contributed by atoms with Crippen LogP contribution in [0.2, 0.25) is 0 Å². The van der Waals surface area contributed by atoms with Gasteiger partial charge in [-0.1, -0.05) is 33.1 Å². The highest BCUT2D eigenvalue weighted by Gasteiger charge is 2.14. The first-order chi connectivity index (χ1) is 9.74. The Labute approximate surface area is 122 Å². The summed E-state index contributed by atoms with van der Waals surface area (Å²) in [4.78, 5) is 8.73. The zero-order valence-electron chi connectivity index (χ0n) is 12.8. The highest BCUT2D eigenvalue weighted by Crippen LogP contribution is 2.24. The number of rotatable bonds is 7. The maximum Gasteiger partial charge on any atom is 0.232 e. The molecule has 1 fully saturated rings. The lowest BCUT2D eigenvalue weighted by molar-refractivity contribution is 0.202. The van der Waals surface area contributed by atoms with Crippen molar-refractivity contribution < 1.29 is 4.74 Å². The van der Waals surface area contributed by atoms with Crippen LogP contribution in [0, 0.1) is 11.8 Å². The Morgan fingerprint density at radius 3 is 2.80 bits per heavy atom. The van der Waals surface area contributed by atoms with E-state index in [1.165, 1.54) is 32.1 Å². The summed E-state index contributed by atoms with van der Waals surface area (Å²) < 4.78 is 5.81. The van der Waals surface area contributed by atoms with Crippen molar-refractivity contribution in [1.82, 2.24) is 15.3 Å². The fourth-order valence-corrected chi connectivity index (χ4v) is 2.59. The zero-order chi connectivity index (χ0) is 14.2. The molecule has 1 aromatic rings. The fraction of sp³-hybridized carbons (Fsp3) is 0.750. The molecule has 1 saturated carbocycles. The van der Waals surface area contributed by atoms with Gasteiger partial charge >= 0.3 is 0 Å². The lowest BCUT2D eigenvalue weighted by Crippen LogP contribution is -2.20. The van der Waals surface area contributed by atoms with Gasteiger partial charge in [0.1, 0.15) is 0 Å². The summed E-state index contributed by atoms with van der Waals surface area (Å²) in [7, 11) is 0. The van der Waals surface area contributed by atoms with Crippen molar-refractivity contribution in [2.24, 2.45) is 11.8 Å². The number of hydrogen-bond donors (Lipinski definition) is 1. The zero-order valence-corrected chi connectivity index (χ0v) is 12.8. The average Bonchev–Trinajstić information content (AvgIpc) is 2.46. The van der Waals surface area contributed by atoms with Crippen molar-refractivity contribution in [3.05, 3.63) is 18.1 Å². The minimum Gasteiger partial charge on any atom is -0.476 e. The number of nitrogens with one attached hydrogen (secondary N) is 1. The van der Waals surface area contributed by atoms with E-state index in [4.69, 9.17) is 4.74 Å². The second-order valence-corrected chi connectivity index (χ2v) is 6.19. The smallest absolute Gasteiger partial charge is 0.232 e. The monoisotopic (exact) mass is 277 g/mol. The molecular formula is C16H27N3O. The van der Waals surface area contributed by atoms with Crippen LogP contribution >= 0.6 is 0 Å². The van der Waals surface area contributed by atoms with Crippen molar-refractivity contribution in [1.29, 1.82) is 0 Å². The molecule has 0 aromatic carbocycles. The van der Waals surface area contributed by atoms with Gasteiger partial charge in [0.15, 0.2) is 0 Å². The van der Waals surface area contributed by atoms with E-state index in [2.05, 4.69) is 29.1 Å². The van der Waals surface area contributed by atoms with Crippen molar-refractivity contribution in [2.45, 2.75) is 52.5 Å². The van der Waals surface area contributed by atoms with Crippen LogP contribution in [0.5, 0.6) is 5.88 Å². The van der Waals surface area contributed by atoms with Crippen LogP contribution in [0.15, 0.2) is 12.4 Å². The number of aromatic nitrogens is 2. The van der Waals surface area contributed by atoms with Gasteiger partial charge < -0.3 is 10.1 Å². The lowest BCUT2D eigenvalue weighted by Gasteiger charge is -2.21. The predicted molar refractivity (Wildman–Crippen MR) is 80.6 cm³/mol.